The van der Waals surface area contributed by atoms with E-state index in [0.717, 1.165) is 0 Å². The number of carbonyl (C=O) groups excluding carboxylic acids is 1. The van der Waals surface area contributed by atoms with E-state index in [-0.39, 0.29) is 18.4 Å². The number of ether oxygens (including phenoxy) is 2. The van der Waals surface area contributed by atoms with Gasteiger partial charge in [0.25, 0.3) is 0 Å². The maximum absolute atomic E-state index is 11.7. The lowest BCUT2D eigenvalue weighted by Crippen LogP contribution is -2.28. The fraction of sp³-hybridized carbons (Fsp3) is 0.417. The molecule has 17 heavy (non-hydrogen) atoms. The Hall–Kier alpha value is -1.59. The molecule has 0 saturated carbocycles. The highest BCUT2D eigenvalue weighted by atomic mass is 16.5. The van der Waals surface area contributed by atoms with Crippen molar-refractivity contribution in [2.24, 2.45) is 5.73 Å². The van der Waals surface area contributed by atoms with E-state index in [2.05, 4.69) is 5.32 Å². The van der Waals surface area contributed by atoms with Crippen LogP contribution in [0.4, 0.5) is 5.69 Å². The Morgan fingerprint density at radius 2 is 2.12 bits per heavy atom. The number of benzene rings is 1. The molecule has 1 aromatic rings. The zero-order valence-corrected chi connectivity index (χ0v) is 10.1. The zero-order valence-electron chi connectivity index (χ0n) is 10.1. The minimum absolute atomic E-state index is 0.146. The van der Waals surface area contributed by atoms with E-state index in [9.17, 15) is 4.79 Å². The van der Waals surface area contributed by atoms with Crippen LogP contribution in [0.2, 0.25) is 0 Å². The van der Waals surface area contributed by atoms with Crippen LogP contribution >= 0.6 is 0 Å². The van der Waals surface area contributed by atoms with Crippen LogP contribution in [0.1, 0.15) is 6.42 Å². The van der Waals surface area contributed by atoms with Crippen LogP contribution in [0, 0.1) is 0 Å². The summed E-state index contributed by atoms with van der Waals surface area (Å²) in [5.41, 5.74) is 6.10. The first-order valence-electron chi connectivity index (χ1n) is 5.37. The van der Waals surface area contributed by atoms with Crippen molar-refractivity contribution in [1.82, 2.24) is 0 Å². The van der Waals surface area contributed by atoms with Gasteiger partial charge in [0.2, 0.25) is 5.91 Å². The average molecular weight is 238 g/mol. The van der Waals surface area contributed by atoms with Crippen molar-refractivity contribution in [3.8, 4) is 5.75 Å². The molecule has 1 amide bonds. The van der Waals surface area contributed by atoms with Crippen LogP contribution in [0.3, 0.4) is 0 Å². The van der Waals surface area contributed by atoms with E-state index in [1.54, 1.807) is 19.2 Å². The van der Waals surface area contributed by atoms with Gasteiger partial charge in [-0.3, -0.25) is 4.79 Å². The van der Waals surface area contributed by atoms with E-state index in [0.29, 0.717) is 18.0 Å². The highest BCUT2D eigenvalue weighted by Gasteiger charge is 2.12. The summed E-state index contributed by atoms with van der Waals surface area (Å²) < 4.78 is 10.2. The Labute approximate surface area is 101 Å². The maximum Gasteiger partial charge on any atom is 0.227 e. The van der Waals surface area contributed by atoms with Gasteiger partial charge in [0.1, 0.15) is 5.75 Å². The Morgan fingerprint density at radius 3 is 2.71 bits per heavy atom. The topological polar surface area (TPSA) is 73.6 Å². The van der Waals surface area contributed by atoms with Crippen LogP contribution in [-0.2, 0) is 9.53 Å². The number of nitrogens with one attached hydrogen (secondary N) is 1. The molecule has 1 unspecified atom stereocenters. The molecule has 5 nitrogen and oxygen atoms in total. The van der Waals surface area contributed by atoms with Gasteiger partial charge in [-0.1, -0.05) is 12.1 Å². The van der Waals surface area contributed by atoms with Crippen molar-refractivity contribution in [2.45, 2.75) is 12.5 Å². The Morgan fingerprint density at radius 1 is 1.41 bits per heavy atom. The first-order valence-corrected chi connectivity index (χ1v) is 5.37. The van der Waals surface area contributed by atoms with Crippen LogP contribution in [0.5, 0.6) is 5.75 Å². The number of methoxy groups -OCH3 is 2. The van der Waals surface area contributed by atoms with E-state index < -0.39 is 0 Å². The number of anilines is 1. The number of para-hydroxylation sites is 2. The van der Waals surface area contributed by atoms with Gasteiger partial charge >= 0.3 is 0 Å². The van der Waals surface area contributed by atoms with Gasteiger partial charge in [-0.25, -0.2) is 0 Å². The molecule has 0 radical (unpaired) electrons. The Bertz CT molecular complexity index is 365. The predicted octanol–water partition coefficient (Wildman–Crippen LogP) is 0.998. The largest absolute Gasteiger partial charge is 0.495 e. The lowest BCUT2D eigenvalue weighted by molar-refractivity contribution is -0.118. The number of amides is 1. The van der Waals surface area contributed by atoms with Crippen LogP contribution in [0.25, 0.3) is 0 Å². The van der Waals surface area contributed by atoms with Crippen molar-refractivity contribution < 1.29 is 14.3 Å². The molecule has 0 aromatic heterocycles. The van der Waals surface area contributed by atoms with Gasteiger partial charge in [-0.2, -0.15) is 0 Å². The zero-order chi connectivity index (χ0) is 12.7. The third-order valence-corrected chi connectivity index (χ3v) is 2.39. The van der Waals surface area contributed by atoms with E-state index in [1.165, 1.54) is 7.11 Å². The van der Waals surface area contributed by atoms with Gasteiger partial charge < -0.3 is 20.5 Å². The van der Waals surface area contributed by atoms with Gasteiger partial charge in [0.05, 0.1) is 25.3 Å². The molecule has 0 bridgehead atoms. The molecule has 5 heteroatoms. The minimum Gasteiger partial charge on any atom is -0.495 e. The summed E-state index contributed by atoms with van der Waals surface area (Å²) in [4.78, 5) is 11.7. The molecule has 1 aromatic carbocycles. The predicted molar refractivity (Wildman–Crippen MR) is 66.1 cm³/mol. The molecule has 94 valence electrons. The van der Waals surface area contributed by atoms with Crippen molar-refractivity contribution >= 4 is 11.6 Å². The van der Waals surface area contributed by atoms with Crippen molar-refractivity contribution in [2.75, 3.05) is 26.1 Å². The second-order valence-corrected chi connectivity index (χ2v) is 3.55. The molecular weight excluding hydrogens is 220 g/mol. The normalized spacial score (nSPS) is 11.9. The lowest BCUT2D eigenvalue weighted by Gasteiger charge is -2.14. The van der Waals surface area contributed by atoms with Crippen molar-refractivity contribution in [3.63, 3.8) is 0 Å². The lowest BCUT2D eigenvalue weighted by atomic mass is 10.2. The number of carbonyl (C=O) groups is 1. The fourth-order valence-electron chi connectivity index (χ4n) is 1.42. The summed E-state index contributed by atoms with van der Waals surface area (Å²) >= 11 is 0. The van der Waals surface area contributed by atoms with Crippen LogP contribution in [-0.4, -0.2) is 32.8 Å². The smallest absolute Gasteiger partial charge is 0.227 e. The molecule has 1 atom stereocenters. The molecular formula is C12H18N2O3. The molecule has 3 N–H and O–H groups in total. The summed E-state index contributed by atoms with van der Waals surface area (Å²) in [7, 11) is 3.09. The first-order chi connectivity index (χ1) is 8.21. The molecule has 0 aliphatic rings. The number of nitrogens with two attached hydrogens (primary N) is 1. The minimum atomic E-state index is -0.260. The molecule has 1 rings (SSSR count). The third kappa shape index (κ3) is 4.05. The highest BCUT2D eigenvalue weighted by Crippen LogP contribution is 2.23. The van der Waals surface area contributed by atoms with Gasteiger partial charge in [-0.05, 0) is 12.1 Å². The number of rotatable bonds is 6. The maximum atomic E-state index is 11.7. The Balaban J connectivity index is 2.61. The van der Waals surface area contributed by atoms with Crippen LogP contribution < -0.4 is 15.8 Å². The second kappa shape index (κ2) is 6.88. The van der Waals surface area contributed by atoms with E-state index in [1.807, 2.05) is 12.1 Å². The summed E-state index contributed by atoms with van der Waals surface area (Å²) in [6.07, 6.45) is -0.0323. The number of hydrogen-bond donors (Lipinski definition) is 2. The molecule has 0 heterocycles. The third-order valence-electron chi connectivity index (χ3n) is 2.39. The molecule has 0 aliphatic carbocycles. The molecule has 0 spiro atoms. The quantitative estimate of drug-likeness (QED) is 0.775. The average Bonchev–Trinajstić information content (AvgIpc) is 2.36. The van der Waals surface area contributed by atoms with Crippen molar-refractivity contribution in [3.05, 3.63) is 24.3 Å². The van der Waals surface area contributed by atoms with E-state index in [4.69, 9.17) is 15.2 Å². The molecule has 0 saturated heterocycles. The fourth-order valence-corrected chi connectivity index (χ4v) is 1.42. The highest BCUT2D eigenvalue weighted by molar-refractivity contribution is 5.92. The van der Waals surface area contributed by atoms with Gasteiger partial charge in [-0.15, -0.1) is 0 Å². The monoisotopic (exact) mass is 238 g/mol. The van der Waals surface area contributed by atoms with Gasteiger partial charge in [0, 0.05) is 13.7 Å². The molecule has 0 aliphatic heterocycles. The second-order valence-electron chi connectivity index (χ2n) is 3.55. The summed E-state index contributed by atoms with van der Waals surface area (Å²) in [6, 6.07) is 7.23. The standard InChI is InChI=1S/C12H18N2O3/c1-16-9(8-13)7-12(15)14-10-5-3-4-6-11(10)17-2/h3-6,9H,7-8,13H2,1-2H3,(H,14,15). The van der Waals surface area contributed by atoms with E-state index >= 15 is 0 Å². The van der Waals surface area contributed by atoms with Gasteiger partial charge in [0.15, 0.2) is 0 Å². The van der Waals surface area contributed by atoms with Crippen LogP contribution in [0.15, 0.2) is 24.3 Å². The Kier molecular flexibility index (Phi) is 5.45. The first kappa shape index (κ1) is 13.5. The molecule has 0 fully saturated rings. The SMILES string of the molecule is COc1ccccc1NC(=O)CC(CN)OC. The summed E-state index contributed by atoms with van der Waals surface area (Å²) in [6.45, 7) is 0.315. The summed E-state index contributed by atoms with van der Waals surface area (Å²) in [5, 5.41) is 2.76. The number of hydrogen-bond acceptors (Lipinski definition) is 4. The van der Waals surface area contributed by atoms with Crippen molar-refractivity contribution in [1.29, 1.82) is 0 Å². The summed E-state index contributed by atoms with van der Waals surface area (Å²) in [5.74, 6) is 0.481.